The first-order valence-electron chi connectivity index (χ1n) is 5.37. The minimum Gasteiger partial charge on any atom is -0.482 e. The molecule has 0 aliphatic carbocycles. The van der Waals surface area contributed by atoms with Gasteiger partial charge in [-0.1, -0.05) is 6.07 Å². The van der Waals surface area contributed by atoms with Gasteiger partial charge in [0.1, 0.15) is 11.6 Å². The first-order valence-corrected chi connectivity index (χ1v) is 5.37. The minimum atomic E-state index is -0.995. The Balaban J connectivity index is 1.97. The molecule has 0 saturated heterocycles. The fraction of sp³-hybridized carbons (Fsp3) is 0.0769. The molecule has 2 rings (SSSR count). The number of anilines is 2. The smallest absolute Gasteiger partial charge is 0.341 e. The number of hydrogen-bond acceptors (Lipinski definition) is 4. The maximum Gasteiger partial charge on any atom is 0.341 e. The number of aliphatic carboxylic acids is 1. The largest absolute Gasteiger partial charge is 0.482 e. The molecule has 5 nitrogen and oxygen atoms in total. The molecule has 92 valence electrons. The van der Waals surface area contributed by atoms with Crippen molar-refractivity contribution in [1.29, 1.82) is 0 Å². The van der Waals surface area contributed by atoms with E-state index in [-0.39, 0.29) is 6.61 Å². The molecule has 0 saturated carbocycles. The Morgan fingerprint density at radius 2 is 2.00 bits per heavy atom. The summed E-state index contributed by atoms with van der Waals surface area (Å²) in [6.45, 7) is -0.340. The third kappa shape index (κ3) is 3.48. The topological polar surface area (TPSA) is 71.5 Å². The van der Waals surface area contributed by atoms with Gasteiger partial charge in [0, 0.05) is 11.9 Å². The fourth-order valence-electron chi connectivity index (χ4n) is 1.36. The van der Waals surface area contributed by atoms with E-state index in [0.29, 0.717) is 5.75 Å². The monoisotopic (exact) mass is 244 g/mol. The highest BCUT2D eigenvalue weighted by Crippen LogP contribution is 2.18. The molecule has 0 unspecified atom stereocenters. The second-order valence-corrected chi connectivity index (χ2v) is 3.55. The molecule has 1 aromatic heterocycles. The minimum absolute atomic E-state index is 0.340. The molecule has 0 amide bonds. The molecule has 0 fully saturated rings. The summed E-state index contributed by atoms with van der Waals surface area (Å²) in [6.07, 6.45) is 1.70. The fourth-order valence-corrected chi connectivity index (χ4v) is 1.36. The molecule has 1 aromatic carbocycles. The average Bonchev–Trinajstić information content (AvgIpc) is 2.39. The van der Waals surface area contributed by atoms with Crippen LogP contribution in [0.4, 0.5) is 11.5 Å². The van der Waals surface area contributed by atoms with Gasteiger partial charge in [0.25, 0.3) is 0 Å². The zero-order valence-electron chi connectivity index (χ0n) is 9.54. The number of rotatable bonds is 5. The van der Waals surface area contributed by atoms with Gasteiger partial charge in [-0.15, -0.1) is 0 Å². The van der Waals surface area contributed by atoms with Gasteiger partial charge in [0.05, 0.1) is 0 Å². The second-order valence-electron chi connectivity index (χ2n) is 3.55. The van der Waals surface area contributed by atoms with Gasteiger partial charge >= 0.3 is 5.97 Å². The van der Waals surface area contributed by atoms with Crippen molar-refractivity contribution in [3.05, 3.63) is 48.7 Å². The number of nitrogens with one attached hydrogen (secondary N) is 1. The highest BCUT2D eigenvalue weighted by atomic mass is 16.5. The molecule has 1 heterocycles. The molecule has 2 aromatic rings. The third-order valence-electron chi connectivity index (χ3n) is 2.15. The van der Waals surface area contributed by atoms with Crippen molar-refractivity contribution in [3.63, 3.8) is 0 Å². The Morgan fingerprint density at radius 1 is 1.22 bits per heavy atom. The van der Waals surface area contributed by atoms with Crippen molar-refractivity contribution >= 4 is 17.5 Å². The number of nitrogens with zero attached hydrogens (tertiary/aromatic N) is 1. The number of carbonyl (C=O) groups is 1. The Bertz CT molecular complexity index is 512. The molecule has 0 spiro atoms. The Morgan fingerprint density at radius 3 is 2.61 bits per heavy atom. The van der Waals surface area contributed by atoms with Crippen LogP contribution >= 0.6 is 0 Å². The average molecular weight is 244 g/mol. The van der Waals surface area contributed by atoms with E-state index >= 15 is 0 Å². The van der Waals surface area contributed by atoms with Gasteiger partial charge in [-0.25, -0.2) is 9.78 Å². The van der Waals surface area contributed by atoms with Crippen LogP contribution in [0.15, 0.2) is 48.7 Å². The van der Waals surface area contributed by atoms with Gasteiger partial charge in [0.15, 0.2) is 6.61 Å². The van der Waals surface area contributed by atoms with Crippen LogP contribution in [-0.4, -0.2) is 22.7 Å². The van der Waals surface area contributed by atoms with E-state index in [4.69, 9.17) is 9.84 Å². The highest BCUT2D eigenvalue weighted by Gasteiger charge is 1.99. The lowest BCUT2D eigenvalue weighted by Crippen LogP contribution is -2.09. The van der Waals surface area contributed by atoms with E-state index in [2.05, 4.69) is 10.3 Å². The summed E-state index contributed by atoms with van der Waals surface area (Å²) >= 11 is 0. The standard InChI is InChI=1S/C13H12N2O3/c16-13(17)9-18-11-6-4-10(5-7-11)15-12-3-1-2-8-14-12/h1-8H,9H2,(H,14,15)(H,16,17). The van der Waals surface area contributed by atoms with Crippen LogP contribution < -0.4 is 10.1 Å². The zero-order valence-corrected chi connectivity index (χ0v) is 9.54. The normalized spacial score (nSPS) is 9.78. The van der Waals surface area contributed by atoms with E-state index in [1.165, 1.54) is 0 Å². The van der Waals surface area contributed by atoms with Gasteiger partial charge in [-0.2, -0.15) is 0 Å². The van der Waals surface area contributed by atoms with Crippen molar-refractivity contribution in [2.24, 2.45) is 0 Å². The molecule has 0 aliphatic rings. The quantitative estimate of drug-likeness (QED) is 0.844. The first kappa shape index (κ1) is 11.9. The molecule has 5 heteroatoms. The molecule has 0 radical (unpaired) electrons. The lowest BCUT2D eigenvalue weighted by Gasteiger charge is -2.07. The van der Waals surface area contributed by atoms with Crippen LogP contribution in [-0.2, 0) is 4.79 Å². The third-order valence-corrected chi connectivity index (χ3v) is 2.15. The number of pyridine rings is 1. The molecule has 0 aliphatic heterocycles. The SMILES string of the molecule is O=C(O)COc1ccc(Nc2ccccn2)cc1. The summed E-state index contributed by atoms with van der Waals surface area (Å²) in [4.78, 5) is 14.5. The van der Waals surface area contributed by atoms with E-state index < -0.39 is 5.97 Å². The second kappa shape index (κ2) is 5.67. The number of aromatic nitrogens is 1. The zero-order chi connectivity index (χ0) is 12.8. The van der Waals surface area contributed by atoms with Crippen LogP contribution in [0.3, 0.4) is 0 Å². The molecular formula is C13H12N2O3. The van der Waals surface area contributed by atoms with Crippen molar-refractivity contribution in [3.8, 4) is 5.75 Å². The molecule has 0 atom stereocenters. The lowest BCUT2D eigenvalue weighted by atomic mass is 10.3. The Hall–Kier alpha value is -2.56. The number of hydrogen-bond donors (Lipinski definition) is 2. The lowest BCUT2D eigenvalue weighted by molar-refractivity contribution is -0.139. The van der Waals surface area contributed by atoms with Gasteiger partial charge in [-0.3, -0.25) is 0 Å². The Kier molecular flexibility index (Phi) is 3.76. The van der Waals surface area contributed by atoms with Gasteiger partial charge in [0.2, 0.25) is 0 Å². The number of carboxylic acid groups (broad SMARTS) is 1. The summed E-state index contributed by atoms with van der Waals surface area (Å²) in [7, 11) is 0. The summed E-state index contributed by atoms with van der Waals surface area (Å²) < 4.78 is 5.03. The van der Waals surface area contributed by atoms with Crippen molar-refractivity contribution < 1.29 is 14.6 Å². The maximum absolute atomic E-state index is 10.3. The van der Waals surface area contributed by atoms with Crippen LogP contribution in [0, 0.1) is 0 Å². The molecule has 2 N–H and O–H groups in total. The van der Waals surface area contributed by atoms with E-state index in [9.17, 15) is 4.79 Å². The van der Waals surface area contributed by atoms with Crippen LogP contribution in [0.2, 0.25) is 0 Å². The van der Waals surface area contributed by atoms with E-state index in [1.54, 1.807) is 30.5 Å². The predicted octanol–water partition coefficient (Wildman–Crippen LogP) is 2.29. The molecule has 0 bridgehead atoms. The van der Waals surface area contributed by atoms with Crippen LogP contribution in [0.1, 0.15) is 0 Å². The van der Waals surface area contributed by atoms with E-state index in [1.807, 2.05) is 18.2 Å². The summed E-state index contributed by atoms with van der Waals surface area (Å²) in [6, 6.07) is 12.6. The van der Waals surface area contributed by atoms with Crippen molar-refractivity contribution in [1.82, 2.24) is 4.98 Å². The number of carboxylic acids is 1. The van der Waals surface area contributed by atoms with E-state index in [0.717, 1.165) is 11.5 Å². The number of ether oxygens (including phenoxy) is 1. The molecular weight excluding hydrogens is 232 g/mol. The van der Waals surface area contributed by atoms with Crippen LogP contribution in [0.5, 0.6) is 5.75 Å². The van der Waals surface area contributed by atoms with Crippen molar-refractivity contribution in [2.75, 3.05) is 11.9 Å². The highest BCUT2D eigenvalue weighted by molar-refractivity contribution is 5.68. The van der Waals surface area contributed by atoms with Crippen LogP contribution in [0.25, 0.3) is 0 Å². The summed E-state index contributed by atoms with van der Waals surface area (Å²) in [5.74, 6) is 0.270. The maximum atomic E-state index is 10.3. The Labute approximate surface area is 104 Å². The van der Waals surface area contributed by atoms with Gasteiger partial charge in [-0.05, 0) is 36.4 Å². The number of benzene rings is 1. The van der Waals surface area contributed by atoms with Gasteiger partial charge < -0.3 is 15.2 Å². The predicted molar refractivity (Wildman–Crippen MR) is 67.1 cm³/mol. The molecule has 18 heavy (non-hydrogen) atoms. The first-order chi connectivity index (χ1) is 8.74. The van der Waals surface area contributed by atoms with Crippen molar-refractivity contribution in [2.45, 2.75) is 0 Å². The summed E-state index contributed by atoms with van der Waals surface area (Å²) in [5.41, 5.74) is 0.858. The summed E-state index contributed by atoms with van der Waals surface area (Å²) in [5, 5.41) is 11.6.